The van der Waals surface area contributed by atoms with Crippen molar-refractivity contribution in [2.24, 2.45) is 5.73 Å². The first-order valence-corrected chi connectivity index (χ1v) is 8.83. The highest BCUT2D eigenvalue weighted by atomic mass is 16.5. The second-order valence-electron chi connectivity index (χ2n) is 6.25. The SMILES string of the molecule is NC[C@@H](OCc1ccc(CCc2ccccc2)cc1)c1ccccc1. The minimum absolute atomic E-state index is 0.0565. The summed E-state index contributed by atoms with van der Waals surface area (Å²) < 4.78 is 6.01. The summed E-state index contributed by atoms with van der Waals surface area (Å²) in [6.07, 6.45) is 2.07. The van der Waals surface area contributed by atoms with E-state index in [1.807, 2.05) is 18.2 Å². The van der Waals surface area contributed by atoms with Gasteiger partial charge in [0.15, 0.2) is 0 Å². The van der Waals surface area contributed by atoms with Gasteiger partial charge in [0.2, 0.25) is 0 Å². The molecule has 0 aliphatic carbocycles. The molecule has 0 heterocycles. The summed E-state index contributed by atoms with van der Waals surface area (Å²) in [7, 11) is 0. The third kappa shape index (κ3) is 5.28. The van der Waals surface area contributed by atoms with E-state index in [0.29, 0.717) is 13.2 Å². The molecular formula is C23H25NO. The van der Waals surface area contributed by atoms with Gasteiger partial charge in [-0.3, -0.25) is 0 Å². The van der Waals surface area contributed by atoms with Gasteiger partial charge in [-0.1, -0.05) is 84.9 Å². The Kier molecular flexibility index (Phi) is 6.38. The molecule has 0 saturated heterocycles. The monoisotopic (exact) mass is 331 g/mol. The fraction of sp³-hybridized carbons (Fsp3) is 0.217. The predicted octanol–water partition coefficient (Wildman–Crippen LogP) is 4.69. The molecule has 0 unspecified atom stereocenters. The van der Waals surface area contributed by atoms with Gasteiger partial charge in [-0.25, -0.2) is 0 Å². The number of aryl methyl sites for hydroxylation is 2. The molecule has 0 spiro atoms. The van der Waals surface area contributed by atoms with E-state index in [0.717, 1.165) is 18.4 Å². The Balaban J connectivity index is 1.52. The molecule has 2 heteroatoms. The van der Waals surface area contributed by atoms with Crippen molar-refractivity contribution in [3.05, 3.63) is 107 Å². The van der Waals surface area contributed by atoms with Gasteiger partial charge in [0.25, 0.3) is 0 Å². The van der Waals surface area contributed by atoms with Gasteiger partial charge in [0.1, 0.15) is 0 Å². The fourth-order valence-corrected chi connectivity index (χ4v) is 2.90. The Morgan fingerprint density at radius 3 is 1.76 bits per heavy atom. The zero-order valence-electron chi connectivity index (χ0n) is 14.5. The van der Waals surface area contributed by atoms with Gasteiger partial charge < -0.3 is 10.5 Å². The molecule has 0 amide bonds. The van der Waals surface area contributed by atoms with Gasteiger partial charge in [0.05, 0.1) is 12.7 Å². The van der Waals surface area contributed by atoms with Crippen LogP contribution in [-0.2, 0) is 24.2 Å². The molecular weight excluding hydrogens is 306 g/mol. The molecule has 0 bridgehead atoms. The van der Waals surface area contributed by atoms with Crippen LogP contribution in [0.3, 0.4) is 0 Å². The van der Waals surface area contributed by atoms with E-state index in [1.165, 1.54) is 16.7 Å². The molecule has 3 rings (SSSR count). The normalized spacial score (nSPS) is 12.0. The number of benzene rings is 3. The van der Waals surface area contributed by atoms with Crippen molar-refractivity contribution in [3.63, 3.8) is 0 Å². The largest absolute Gasteiger partial charge is 0.368 e. The van der Waals surface area contributed by atoms with Crippen LogP contribution in [0.2, 0.25) is 0 Å². The van der Waals surface area contributed by atoms with Crippen molar-refractivity contribution < 1.29 is 4.74 Å². The number of hydrogen-bond acceptors (Lipinski definition) is 2. The zero-order chi connectivity index (χ0) is 17.3. The van der Waals surface area contributed by atoms with E-state index in [9.17, 15) is 0 Å². The summed E-state index contributed by atoms with van der Waals surface area (Å²) in [5.41, 5.74) is 10.9. The van der Waals surface area contributed by atoms with Crippen LogP contribution in [0.5, 0.6) is 0 Å². The van der Waals surface area contributed by atoms with Gasteiger partial charge in [0, 0.05) is 6.54 Å². The first-order valence-electron chi connectivity index (χ1n) is 8.83. The predicted molar refractivity (Wildman–Crippen MR) is 103 cm³/mol. The molecule has 0 radical (unpaired) electrons. The second-order valence-corrected chi connectivity index (χ2v) is 6.25. The lowest BCUT2D eigenvalue weighted by molar-refractivity contribution is 0.0456. The van der Waals surface area contributed by atoms with Crippen LogP contribution in [0.25, 0.3) is 0 Å². The minimum atomic E-state index is -0.0565. The lowest BCUT2D eigenvalue weighted by atomic mass is 10.0. The molecule has 0 aliphatic rings. The maximum Gasteiger partial charge on any atom is 0.0951 e. The summed E-state index contributed by atoms with van der Waals surface area (Å²) in [4.78, 5) is 0. The molecule has 128 valence electrons. The second kappa shape index (κ2) is 9.16. The highest BCUT2D eigenvalue weighted by Gasteiger charge is 2.09. The molecule has 2 N–H and O–H groups in total. The highest BCUT2D eigenvalue weighted by molar-refractivity contribution is 5.24. The van der Waals surface area contributed by atoms with Gasteiger partial charge >= 0.3 is 0 Å². The van der Waals surface area contributed by atoms with Crippen molar-refractivity contribution in [1.82, 2.24) is 0 Å². The Bertz CT molecular complexity index is 738. The highest BCUT2D eigenvalue weighted by Crippen LogP contribution is 2.18. The first-order chi connectivity index (χ1) is 12.3. The van der Waals surface area contributed by atoms with Crippen molar-refractivity contribution in [1.29, 1.82) is 0 Å². The van der Waals surface area contributed by atoms with Gasteiger partial charge in [-0.15, -0.1) is 0 Å². The van der Waals surface area contributed by atoms with E-state index < -0.39 is 0 Å². The standard InChI is InChI=1S/C23H25NO/c24-17-23(22-9-5-2-6-10-22)25-18-21-15-13-20(14-16-21)12-11-19-7-3-1-4-8-19/h1-10,13-16,23H,11-12,17-18,24H2/t23-/m1/s1. The number of ether oxygens (including phenoxy) is 1. The molecule has 3 aromatic carbocycles. The van der Waals surface area contributed by atoms with Crippen molar-refractivity contribution in [2.45, 2.75) is 25.6 Å². The molecule has 25 heavy (non-hydrogen) atoms. The molecule has 0 aromatic heterocycles. The maximum absolute atomic E-state index is 6.01. The van der Waals surface area contributed by atoms with E-state index in [-0.39, 0.29) is 6.10 Å². The number of nitrogens with two attached hydrogens (primary N) is 1. The third-order valence-electron chi connectivity index (χ3n) is 4.40. The smallest absolute Gasteiger partial charge is 0.0951 e. The molecule has 1 atom stereocenters. The average Bonchev–Trinajstić information content (AvgIpc) is 2.69. The van der Waals surface area contributed by atoms with Crippen LogP contribution in [0.4, 0.5) is 0 Å². The topological polar surface area (TPSA) is 35.2 Å². The van der Waals surface area contributed by atoms with Crippen molar-refractivity contribution in [3.8, 4) is 0 Å². The summed E-state index contributed by atoms with van der Waals surface area (Å²) >= 11 is 0. The van der Waals surface area contributed by atoms with Crippen LogP contribution in [0.15, 0.2) is 84.9 Å². The van der Waals surface area contributed by atoms with E-state index in [1.54, 1.807) is 0 Å². The van der Waals surface area contributed by atoms with Gasteiger partial charge in [-0.2, -0.15) is 0 Å². The van der Waals surface area contributed by atoms with Gasteiger partial charge in [-0.05, 0) is 35.1 Å². The summed E-state index contributed by atoms with van der Waals surface area (Å²) in [5, 5.41) is 0. The van der Waals surface area contributed by atoms with E-state index >= 15 is 0 Å². The van der Waals surface area contributed by atoms with Crippen molar-refractivity contribution >= 4 is 0 Å². The Morgan fingerprint density at radius 1 is 0.640 bits per heavy atom. The van der Waals surface area contributed by atoms with Crippen LogP contribution in [0.1, 0.15) is 28.4 Å². The Morgan fingerprint density at radius 2 is 1.16 bits per heavy atom. The average molecular weight is 331 g/mol. The maximum atomic E-state index is 6.01. The van der Waals surface area contributed by atoms with Crippen LogP contribution in [0, 0.1) is 0 Å². The lowest BCUT2D eigenvalue weighted by Crippen LogP contribution is -2.15. The van der Waals surface area contributed by atoms with E-state index in [2.05, 4.69) is 66.7 Å². The Labute approximate surface area is 150 Å². The lowest BCUT2D eigenvalue weighted by Gasteiger charge is -2.16. The fourth-order valence-electron chi connectivity index (χ4n) is 2.90. The zero-order valence-corrected chi connectivity index (χ0v) is 14.5. The van der Waals surface area contributed by atoms with Crippen LogP contribution in [-0.4, -0.2) is 6.54 Å². The van der Waals surface area contributed by atoms with Crippen LogP contribution >= 0.6 is 0 Å². The molecule has 0 saturated carbocycles. The molecule has 3 aromatic rings. The molecule has 0 fully saturated rings. The molecule has 2 nitrogen and oxygen atoms in total. The summed E-state index contributed by atoms with van der Waals surface area (Å²) in [6.45, 7) is 1.06. The number of hydrogen-bond donors (Lipinski definition) is 1. The van der Waals surface area contributed by atoms with Crippen molar-refractivity contribution in [2.75, 3.05) is 6.54 Å². The molecule has 0 aliphatic heterocycles. The minimum Gasteiger partial charge on any atom is -0.368 e. The number of rotatable bonds is 8. The van der Waals surface area contributed by atoms with Crippen LogP contribution < -0.4 is 5.73 Å². The quantitative estimate of drug-likeness (QED) is 0.650. The third-order valence-corrected chi connectivity index (χ3v) is 4.40. The first kappa shape index (κ1) is 17.4. The summed E-state index contributed by atoms with van der Waals surface area (Å²) in [6, 6.07) is 29.5. The Hall–Kier alpha value is -2.42. The van der Waals surface area contributed by atoms with E-state index in [4.69, 9.17) is 10.5 Å². The summed E-state index contributed by atoms with van der Waals surface area (Å²) in [5.74, 6) is 0.